The van der Waals surface area contributed by atoms with E-state index in [2.05, 4.69) is 24.8 Å². The summed E-state index contributed by atoms with van der Waals surface area (Å²) in [5.74, 6) is 1.18. The van der Waals surface area contributed by atoms with Gasteiger partial charge in [-0.15, -0.1) is 0 Å². The van der Waals surface area contributed by atoms with Gasteiger partial charge in [0.05, 0.1) is 5.69 Å². The Morgan fingerprint density at radius 3 is 2.50 bits per heavy atom. The fourth-order valence-corrected chi connectivity index (χ4v) is 2.09. The molecule has 1 aliphatic rings. The zero-order valence-corrected chi connectivity index (χ0v) is 9.95. The molecular weight excluding hydrogens is 228 g/mol. The van der Waals surface area contributed by atoms with Crippen molar-refractivity contribution in [3.8, 4) is 11.3 Å². The Morgan fingerprint density at radius 1 is 1.06 bits per heavy atom. The average molecular weight is 242 g/mol. The van der Waals surface area contributed by atoms with Gasteiger partial charge in [0, 0.05) is 37.1 Å². The second-order valence-corrected chi connectivity index (χ2v) is 4.30. The molecule has 92 valence electrons. The quantitative estimate of drug-likeness (QED) is 0.849. The van der Waals surface area contributed by atoms with E-state index in [-0.39, 0.29) is 0 Å². The zero-order chi connectivity index (χ0) is 12.4. The predicted octanol–water partition coefficient (Wildman–Crippen LogP) is 1.12. The maximum absolute atomic E-state index is 5.85. The molecule has 3 rings (SSSR count). The Hall–Kier alpha value is -2.24. The lowest BCUT2D eigenvalue weighted by atomic mass is 10.2. The van der Waals surface area contributed by atoms with Gasteiger partial charge in [0.1, 0.15) is 12.1 Å². The molecule has 0 aromatic carbocycles. The van der Waals surface area contributed by atoms with Gasteiger partial charge in [0.15, 0.2) is 0 Å². The van der Waals surface area contributed by atoms with E-state index in [1.54, 1.807) is 18.5 Å². The van der Waals surface area contributed by atoms with Crippen molar-refractivity contribution in [1.82, 2.24) is 19.9 Å². The Balaban J connectivity index is 2.00. The van der Waals surface area contributed by atoms with Crippen molar-refractivity contribution in [3.05, 3.63) is 24.8 Å². The number of rotatable bonds is 2. The zero-order valence-electron chi connectivity index (χ0n) is 9.95. The summed E-state index contributed by atoms with van der Waals surface area (Å²) in [6.45, 7) is 1.99. The number of nitrogens with zero attached hydrogens (tertiary/aromatic N) is 5. The first-order chi connectivity index (χ1) is 8.83. The highest BCUT2D eigenvalue weighted by molar-refractivity contribution is 5.62. The van der Waals surface area contributed by atoms with E-state index in [1.165, 1.54) is 19.2 Å². The Labute approximate surface area is 105 Å². The molecule has 2 N–H and O–H groups in total. The number of anilines is 2. The highest BCUT2D eigenvalue weighted by Gasteiger charge is 2.16. The second kappa shape index (κ2) is 4.56. The van der Waals surface area contributed by atoms with Gasteiger partial charge in [0.25, 0.3) is 0 Å². The summed E-state index contributed by atoms with van der Waals surface area (Å²) in [5.41, 5.74) is 7.47. The highest BCUT2D eigenvalue weighted by atomic mass is 15.3. The number of hydrogen-bond donors (Lipinski definition) is 1. The number of aromatic nitrogens is 4. The lowest BCUT2D eigenvalue weighted by Gasteiger charge is -2.16. The van der Waals surface area contributed by atoms with Crippen LogP contribution in [0.3, 0.4) is 0 Å². The third-order valence-corrected chi connectivity index (χ3v) is 2.98. The third kappa shape index (κ3) is 2.09. The van der Waals surface area contributed by atoms with Crippen LogP contribution in [0.5, 0.6) is 0 Å². The molecular formula is C12H14N6. The predicted molar refractivity (Wildman–Crippen MR) is 68.9 cm³/mol. The van der Waals surface area contributed by atoms with E-state index < -0.39 is 0 Å². The van der Waals surface area contributed by atoms with E-state index in [1.807, 2.05) is 0 Å². The normalized spacial score (nSPS) is 15.0. The molecule has 0 spiro atoms. The fourth-order valence-electron chi connectivity index (χ4n) is 2.09. The smallest absolute Gasteiger partial charge is 0.227 e. The van der Waals surface area contributed by atoms with Crippen molar-refractivity contribution in [2.24, 2.45) is 0 Å². The van der Waals surface area contributed by atoms with Crippen molar-refractivity contribution < 1.29 is 0 Å². The lowest BCUT2D eigenvalue weighted by molar-refractivity contribution is 0.902. The molecule has 6 nitrogen and oxygen atoms in total. The van der Waals surface area contributed by atoms with Crippen LogP contribution in [-0.2, 0) is 0 Å². The molecule has 1 fully saturated rings. The van der Waals surface area contributed by atoms with Crippen LogP contribution in [0.4, 0.5) is 11.8 Å². The van der Waals surface area contributed by atoms with Crippen LogP contribution in [0, 0.1) is 0 Å². The van der Waals surface area contributed by atoms with Crippen molar-refractivity contribution >= 4 is 11.8 Å². The molecule has 1 saturated heterocycles. The second-order valence-electron chi connectivity index (χ2n) is 4.30. The summed E-state index contributed by atoms with van der Waals surface area (Å²) in [7, 11) is 0. The maximum Gasteiger partial charge on any atom is 0.227 e. The Bertz CT molecular complexity index is 536. The first-order valence-corrected chi connectivity index (χ1v) is 5.98. The van der Waals surface area contributed by atoms with Gasteiger partial charge in [-0.3, -0.25) is 0 Å². The standard InChI is InChI=1S/C12H14N6/c13-11-5-10(9-6-14-8-15-7-9)16-12(17-11)18-3-1-2-4-18/h5-8H,1-4H2,(H2,13,16,17). The summed E-state index contributed by atoms with van der Waals surface area (Å²) in [5, 5.41) is 0. The monoisotopic (exact) mass is 242 g/mol. The molecule has 1 aliphatic heterocycles. The minimum absolute atomic E-state index is 0.478. The molecule has 2 aromatic heterocycles. The van der Waals surface area contributed by atoms with E-state index in [9.17, 15) is 0 Å². The van der Waals surface area contributed by atoms with E-state index in [0.717, 1.165) is 24.3 Å². The first kappa shape index (κ1) is 10.9. The molecule has 0 bridgehead atoms. The SMILES string of the molecule is Nc1cc(-c2cncnc2)nc(N2CCCC2)n1. The van der Waals surface area contributed by atoms with Crippen LogP contribution in [0.1, 0.15) is 12.8 Å². The van der Waals surface area contributed by atoms with Crippen LogP contribution >= 0.6 is 0 Å². The summed E-state index contributed by atoms with van der Waals surface area (Å²) in [4.78, 5) is 19.0. The first-order valence-electron chi connectivity index (χ1n) is 5.98. The molecule has 0 radical (unpaired) electrons. The van der Waals surface area contributed by atoms with Gasteiger partial charge in [-0.1, -0.05) is 0 Å². The van der Waals surface area contributed by atoms with Gasteiger partial charge in [-0.2, -0.15) is 4.98 Å². The molecule has 0 unspecified atom stereocenters. The van der Waals surface area contributed by atoms with Crippen molar-refractivity contribution in [2.45, 2.75) is 12.8 Å². The third-order valence-electron chi connectivity index (χ3n) is 2.98. The summed E-state index contributed by atoms with van der Waals surface area (Å²) < 4.78 is 0. The van der Waals surface area contributed by atoms with Crippen LogP contribution < -0.4 is 10.6 Å². The molecule has 0 amide bonds. The molecule has 0 atom stereocenters. The van der Waals surface area contributed by atoms with E-state index in [4.69, 9.17) is 5.73 Å². The van der Waals surface area contributed by atoms with Crippen molar-refractivity contribution in [2.75, 3.05) is 23.7 Å². The summed E-state index contributed by atoms with van der Waals surface area (Å²) in [6, 6.07) is 1.75. The van der Waals surface area contributed by atoms with Crippen molar-refractivity contribution in [1.29, 1.82) is 0 Å². The fraction of sp³-hybridized carbons (Fsp3) is 0.333. The summed E-state index contributed by atoms with van der Waals surface area (Å²) >= 11 is 0. The van der Waals surface area contributed by atoms with E-state index >= 15 is 0 Å². The molecule has 0 saturated carbocycles. The molecule has 0 aliphatic carbocycles. The number of nitrogens with two attached hydrogens (primary N) is 1. The van der Waals surface area contributed by atoms with Gasteiger partial charge < -0.3 is 10.6 Å². The molecule has 6 heteroatoms. The van der Waals surface area contributed by atoms with Crippen LogP contribution in [-0.4, -0.2) is 33.0 Å². The van der Waals surface area contributed by atoms with Crippen LogP contribution in [0.15, 0.2) is 24.8 Å². The molecule has 3 heterocycles. The molecule has 18 heavy (non-hydrogen) atoms. The highest BCUT2D eigenvalue weighted by Crippen LogP contribution is 2.22. The Morgan fingerprint density at radius 2 is 1.78 bits per heavy atom. The van der Waals surface area contributed by atoms with Crippen molar-refractivity contribution in [3.63, 3.8) is 0 Å². The van der Waals surface area contributed by atoms with Crippen LogP contribution in [0.2, 0.25) is 0 Å². The van der Waals surface area contributed by atoms with Gasteiger partial charge in [-0.05, 0) is 12.8 Å². The molecule has 2 aromatic rings. The topological polar surface area (TPSA) is 80.8 Å². The van der Waals surface area contributed by atoms with Gasteiger partial charge in [-0.25, -0.2) is 15.0 Å². The maximum atomic E-state index is 5.85. The lowest BCUT2D eigenvalue weighted by Crippen LogP contribution is -2.21. The minimum atomic E-state index is 0.478. The summed E-state index contributed by atoms with van der Waals surface area (Å²) in [6.07, 6.45) is 7.31. The van der Waals surface area contributed by atoms with Gasteiger partial charge >= 0.3 is 0 Å². The van der Waals surface area contributed by atoms with Crippen LogP contribution in [0.25, 0.3) is 11.3 Å². The number of nitrogen functional groups attached to an aromatic ring is 1. The minimum Gasteiger partial charge on any atom is -0.384 e. The Kier molecular flexibility index (Phi) is 2.76. The van der Waals surface area contributed by atoms with E-state index in [0.29, 0.717) is 11.8 Å². The largest absolute Gasteiger partial charge is 0.384 e. The average Bonchev–Trinajstić information content (AvgIpc) is 2.93. The number of hydrogen-bond acceptors (Lipinski definition) is 6. The van der Waals surface area contributed by atoms with Gasteiger partial charge in [0.2, 0.25) is 5.95 Å².